The van der Waals surface area contributed by atoms with Gasteiger partial charge in [-0.25, -0.2) is 0 Å². The van der Waals surface area contributed by atoms with Crippen LogP contribution in [0.2, 0.25) is 0 Å². The van der Waals surface area contributed by atoms with Crippen LogP contribution in [0.1, 0.15) is 25.3 Å². The molecule has 0 radical (unpaired) electrons. The van der Waals surface area contributed by atoms with Gasteiger partial charge in [0.1, 0.15) is 5.75 Å². The molecule has 106 valence electrons. The van der Waals surface area contributed by atoms with Crippen LogP contribution in [0, 0.1) is 4.77 Å². The monoisotopic (exact) mass is 289 g/mol. The summed E-state index contributed by atoms with van der Waals surface area (Å²) in [5, 5.41) is 0. The summed E-state index contributed by atoms with van der Waals surface area (Å²) in [6.45, 7) is 2.35. The molecule has 1 N–H and O–H groups in total. The first-order valence-electron chi connectivity index (χ1n) is 7.28. The van der Waals surface area contributed by atoms with E-state index < -0.39 is 0 Å². The largest absolute Gasteiger partial charge is 0.497 e. The summed E-state index contributed by atoms with van der Waals surface area (Å²) < 4.78 is 8.41. The summed E-state index contributed by atoms with van der Waals surface area (Å²) in [5.74, 6) is 0.868. The van der Waals surface area contributed by atoms with Crippen molar-refractivity contribution in [2.45, 2.75) is 31.3 Å². The van der Waals surface area contributed by atoms with Gasteiger partial charge in [0.05, 0.1) is 24.2 Å². The number of imidazole rings is 1. The minimum Gasteiger partial charge on any atom is -0.497 e. The summed E-state index contributed by atoms with van der Waals surface area (Å²) in [7, 11) is 1.69. The molecule has 2 heterocycles. The molecular weight excluding hydrogens is 270 g/mol. The Bertz CT molecular complexity index is 701. The third kappa shape index (κ3) is 1.96. The molecule has 20 heavy (non-hydrogen) atoms. The molecule has 4 nitrogen and oxygen atoms in total. The fourth-order valence-corrected chi connectivity index (χ4v) is 3.71. The molecule has 1 aliphatic heterocycles. The first-order valence-corrected chi connectivity index (χ1v) is 7.69. The number of likely N-dealkylation sites (tertiary alicyclic amines) is 1. The van der Waals surface area contributed by atoms with Crippen molar-refractivity contribution in [2.75, 3.05) is 20.2 Å². The normalized spacial score (nSPS) is 23.6. The van der Waals surface area contributed by atoms with E-state index in [2.05, 4.69) is 20.5 Å². The Morgan fingerprint density at radius 2 is 2.10 bits per heavy atom. The number of nitrogens with one attached hydrogen (secondary N) is 1. The van der Waals surface area contributed by atoms with Crippen molar-refractivity contribution < 1.29 is 4.74 Å². The van der Waals surface area contributed by atoms with Crippen LogP contribution in [0.25, 0.3) is 11.0 Å². The van der Waals surface area contributed by atoms with Gasteiger partial charge in [-0.15, -0.1) is 0 Å². The summed E-state index contributed by atoms with van der Waals surface area (Å²) in [6.07, 6.45) is 3.95. The number of fused-ring (bicyclic) bond motifs is 1. The molecule has 1 unspecified atom stereocenters. The number of aromatic nitrogens is 2. The SMILES string of the molecule is COc1ccc2c(c1)[nH]c(=S)n2C1CCN(C2CC2)C1. The van der Waals surface area contributed by atoms with Gasteiger partial charge in [0, 0.05) is 25.2 Å². The number of hydrogen-bond donors (Lipinski definition) is 1. The van der Waals surface area contributed by atoms with E-state index >= 15 is 0 Å². The maximum atomic E-state index is 5.54. The second-order valence-corrected chi connectivity index (χ2v) is 6.24. The Labute approximate surface area is 123 Å². The van der Waals surface area contributed by atoms with Crippen molar-refractivity contribution in [3.05, 3.63) is 23.0 Å². The Balaban J connectivity index is 1.72. The zero-order valence-corrected chi connectivity index (χ0v) is 12.4. The predicted octanol–water partition coefficient (Wildman–Crippen LogP) is 3.12. The van der Waals surface area contributed by atoms with Gasteiger partial charge < -0.3 is 14.3 Å². The molecule has 1 saturated heterocycles. The summed E-state index contributed by atoms with van der Waals surface area (Å²) >= 11 is 5.54. The Kier molecular flexibility index (Phi) is 2.86. The van der Waals surface area contributed by atoms with Gasteiger partial charge in [0.15, 0.2) is 4.77 Å². The average molecular weight is 289 g/mol. The first-order chi connectivity index (χ1) is 9.76. The highest BCUT2D eigenvalue weighted by Gasteiger charge is 2.35. The van der Waals surface area contributed by atoms with Crippen LogP contribution in [-0.4, -0.2) is 40.7 Å². The smallest absolute Gasteiger partial charge is 0.178 e. The van der Waals surface area contributed by atoms with E-state index in [0.717, 1.165) is 28.6 Å². The minimum absolute atomic E-state index is 0.505. The lowest BCUT2D eigenvalue weighted by molar-refractivity contribution is 0.314. The Morgan fingerprint density at radius 3 is 2.85 bits per heavy atom. The fourth-order valence-electron chi connectivity index (χ4n) is 3.35. The molecule has 1 atom stereocenters. The summed E-state index contributed by atoms with van der Waals surface area (Å²) in [6, 6.07) is 7.49. The number of nitrogens with zero attached hydrogens (tertiary/aromatic N) is 2. The molecular formula is C15H19N3OS. The number of hydrogen-bond acceptors (Lipinski definition) is 3. The van der Waals surface area contributed by atoms with E-state index in [9.17, 15) is 0 Å². The Morgan fingerprint density at radius 1 is 1.25 bits per heavy atom. The molecule has 0 amide bonds. The Hall–Kier alpha value is -1.33. The zero-order valence-electron chi connectivity index (χ0n) is 11.6. The topological polar surface area (TPSA) is 33.2 Å². The number of methoxy groups -OCH3 is 1. The lowest BCUT2D eigenvalue weighted by Crippen LogP contribution is -2.23. The number of benzene rings is 1. The second-order valence-electron chi connectivity index (χ2n) is 5.85. The van der Waals surface area contributed by atoms with Crippen LogP contribution in [0.4, 0.5) is 0 Å². The molecule has 2 aliphatic rings. The molecule has 0 spiro atoms. The van der Waals surface area contributed by atoms with Crippen LogP contribution < -0.4 is 4.74 Å². The van der Waals surface area contributed by atoms with Crippen molar-refractivity contribution in [3.8, 4) is 5.75 Å². The van der Waals surface area contributed by atoms with E-state index in [-0.39, 0.29) is 0 Å². The molecule has 2 fully saturated rings. The van der Waals surface area contributed by atoms with Gasteiger partial charge in [0.25, 0.3) is 0 Å². The van der Waals surface area contributed by atoms with E-state index in [1.165, 1.54) is 31.3 Å². The third-order valence-electron chi connectivity index (χ3n) is 4.55. The maximum Gasteiger partial charge on any atom is 0.178 e. The van der Waals surface area contributed by atoms with Gasteiger partial charge in [-0.1, -0.05) is 0 Å². The molecule has 1 saturated carbocycles. The van der Waals surface area contributed by atoms with Gasteiger partial charge >= 0.3 is 0 Å². The molecule has 5 heteroatoms. The number of rotatable bonds is 3. The molecule has 2 aromatic rings. The van der Waals surface area contributed by atoms with E-state index in [0.29, 0.717) is 6.04 Å². The third-order valence-corrected chi connectivity index (χ3v) is 4.85. The van der Waals surface area contributed by atoms with Gasteiger partial charge in [0.2, 0.25) is 0 Å². The highest BCUT2D eigenvalue weighted by atomic mass is 32.1. The quantitative estimate of drug-likeness (QED) is 0.881. The van der Waals surface area contributed by atoms with Crippen LogP contribution in [0.5, 0.6) is 5.75 Å². The van der Waals surface area contributed by atoms with Gasteiger partial charge in [-0.3, -0.25) is 4.90 Å². The minimum atomic E-state index is 0.505. The number of aromatic amines is 1. The second kappa shape index (κ2) is 4.60. The maximum absolute atomic E-state index is 5.54. The van der Waals surface area contributed by atoms with Crippen LogP contribution >= 0.6 is 12.2 Å². The molecule has 0 bridgehead atoms. The highest BCUT2D eigenvalue weighted by molar-refractivity contribution is 7.71. The summed E-state index contributed by atoms with van der Waals surface area (Å²) in [5.41, 5.74) is 2.26. The first kappa shape index (κ1) is 12.4. The van der Waals surface area contributed by atoms with E-state index in [1.54, 1.807) is 7.11 Å². The van der Waals surface area contributed by atoms with Crippen LogP contribution in [0.3, 0.4) is 0 Å². The predicted molar refractivity (Wildman–Crippen MR) is 81.9 cm³/mol. The molecule has 1 aromatic heterocycles. The fraction of sp³-hybridized carbons (Fsp3) is 0.533. The standard InChI is InChI=1S/C15H19N3OS/c1-19-12-4-5-14-13(8-12)16-15(20)18(14)11-6-7-17(9-11)10-2-3-10/h4-5,8,10-11H,2-3,6-7,9H2,1H3,(H,16,20). The number of ether oxygens (including phenoxy) is 1. The van der Waals surface area contributed by atoms with Gasteiger partial charge in [-0.05, 0) is 43.6 Å². The van der Waals surface area contributed by atoms with E-state index in [4.69, 9.17) is 17.0 Å². The van der Waals surface area contributed by atoms with Crippen molar-refractivity contribution in [3.63, 3.8) is 0 Å². The lowest BCUT2D eigenvalue weighted by atomic mass is 10.2. The van der Waals surface area contributed by atoms with Crippen LogP contribution in [0.15, 0.2) is 18.2 Å². The summed E-state index contributed by atoms with van der Waals surface area (Å²) in [4.78, 5) is 5.94. The van der Waals surface area contributed by atoms with E-state index in [1.807, 2.05) is 12.1 Å². The molecule has 4 rings (SSSR count). The lowest BCUT2D eigenvalue weighted by Gasteiger charge is -2.16. The van der Waals surface area contributed by atoms with Gasteiger partial charge in [-0.2, -0.15) is 0 Å². The molecule has 1 aromatic carbocycles. The van der Waals surface area contributed by atoms with Crippen molar-refractivity contribution in [1.29, 1.82) is 0 Å². The number of H-pyrrole nitrogens is 1. The molecule has 1 aliphatic carbocycles. The zero-order chi connectivity index (χ0) is 13.7. The van der Waals surface area contributed by atoms with Crippen molar-refractivity contribution in [1.82, 2.24) is 14.5 Å². The van der Waals surface area contributed by atoms with Crippen LogP contribution in [-0.2, 0) is 0 Å². The highest BCUT2D eigenvalue weighted by Crippen LogP contribution is 2.35. The van der Waals surface area contributed by atoms with Crippen molar-refractivity contribution >= 4 is 23.3 Å². The van der Waals surface area contributed by atoms with Crippen molar-refractivity contribution in [2.24, 2.45) is 0 Å². The average Bonchev–Trinajstić information content (AvgIpc) is 3.10.